The van der Waals surface area contributed by atoms with Crippen molar-refractivity contribution in [2.75, 3.05) is 33.4 Å². The monoisotopic (exact) mass is 243 g/mol. The van der Waals surface area contributed by atoms with Gasteiger partial charge in [0.05, 0.1) is 6.61 Å². The van der Waals surface area contributed by atoms with E-state index in [1.54, 1.807) is 11.9 Å². The number of hydrogen-bond acceptors (Lipinski definition) is 4. The van der Waals surface area contributed by atoms with Crippen LogP contribution >= 0.6 is 0 Å². The summed E-state index contributed by atoms with van der Waals surface area (Å²) in [6.07, 6.45) is 2.64. The Morgan fingerprint density at radius 2 is 2.24 bits per heavy atom. The van der Waals surface area contributed by atoms with E-state index in [0.717, 1.165) is 19.3 Å². The Kier molecular flexibility index (Phi) is 5.93. The third-order valence-corrected chi connectivity index (χ3v) is 2.86. The lowest BCUT2D eigenvalue weighted by molar-refractivity contribution is -0.145. The molecule has 0 aromatic carbocycles. The fourth-order valence-corrected chi connectivity index (χ4v) is 1.99. The molecule has 3 N–H and O–H groups in total. The summed E-state index contributed by atoms with van der Waals surface area (Å²) in [6.45, 7) is 1.39. The molecule has 1 aliphatic rings. The number of likely N-dealkylation sites (tertiary alicyclic amines) is 1. The SMILES string of the molecule is CNC(=O)C1CCCCN1C(=O)COCCN. The van der Waals surface area contributed by atoms with Crippen molar-refractivity contribution in [1.29, 1.82) is 0 Å². The largest absolute Gasteiger partial charge is 0.370 e. The highest BCUT2D eigenvalue weighted by atomic mass is 16.5. The molecule has 6 nitrogen and oxygen atoms in total. The molecule has 1 aliphatic heterocycles. The van der Waals surface area contributed by atoms with Crippen molar-refractivity contribution in [3.8, 4) is 0 Å². The van der Waals surface area contributed by atoms with Crippen LogP contribution in [0.4, 0.5) is 0 Å². The van der Waals surface area contributed by atoms with E-state index < -0.39 is 0 Å². The molecular formula is C11H21N3O3. The molecule has 0 spiro atoms. The van der Waals surface area contributed by atoms with Crippen LogP contribution in [-0.4, -0.2) is 56.1 Å². The molecule has 1 heterocycles. The van der Waals surface area contributed by atoms with Crippen molar-refractivity contribution < 1.29 is 14.3 Å². The van der Waals surface area contributed by atoms with E-state index in [9.17, 15) is 9.59 Å². The lowest BCUT2D eigenvalue weighted by atomic mass is 10.0. The number of amides is 2. The van der Waals surface area contributed by atoms with Crippen molar-refractivity contribution in [2.24, 2.45) is 5.73 Å². The normalized spacial score (nSPS) is 20.1. The lowest BCUT2D eigenvalue weighted by Crippen LogP contribution is -2.52. The summed E-state index contributed by atoms with van der Waals surface area (Å²) in [6, 6.07) is -0.345. The number of nitrogens with zero attached hydrogens (tertiary/aromatic N) is 1. The van der Waals surface area contributed by atoms with Crippen molar-refractivity contribution in [3.63, 3.8) is 0 Å². The number of nitrogens with two attached hydrogens (primary N) is 1. The van der Waals surface area contributed by atoms with E-state index >= 15 is 0 Å². The number of likely N-dealkylation sites (N-methyl/N-ethyl adjacent to an activating group) is 1. The van der Waals surface area contributed by atoms with Gasteiger partial charge in [0.15, 0.2) is 0 Å². The first-order valence-electron chi connectivity index (χ1n) is 5.99. The molecule has 1 rings (SSSR count). The van der Waals surface area contributed by atoms with Gasteiger partial charge in [-0.1, -0.05) is 0 Å². The van der Waals surface area contributed by atoms with Crippen molar-refractivity contribution >= 4 is 11.8 Å². The van der Waals surface area contributed by atoms with E-state index in [0.29, 0.717) is 19.7 Å². The molecule has 1 unspecified atom stereocenters. The number of ether oxygens (including phenoxy) is 1. The number of piperidine rings is 1. The second-order valence-electron chi connectivity index (χ2n) is 4.05. The smallest absolute Gasteiger partial charge is 0.249 e. The summed E-state index contributed by atoms with van der Waals surface area (Å²) in [5.74, 6) is -0.233. The molecular weight excluding hydrogens is 222 g/mol. The summed E-state index contributed by atoms with van der Waals surface area (Å²) in [7, 11) is 1.59. The molecule has 0 aromatic rings. The molecule has 0 aromatic heterocycles. The number of carbonyl (C=O) groups is 2. The van der Waals surface area contributed by atoms with E-state index in [2.05, 4.69) is 5.32 Å². The van der Waals surface area contributed by atoms with E-state index in [4.69, 9.17) is 10.5 Å². The third kappa shape index (κ3) is 3.98. The maximum atomic E-state index is 11.9. The zero-order valence-corrected chi connectivity index (χ0v) is 10.3. The third-order valence-electron chi connectivity index (χ3n) is 2.86. The number of carbonyl (C=O) groups excluding carboxylic acids is 2. The number of hydrogen-bond donors (Lipinski definition) is 2. The van der Waals surface area contributed by atoms with Crippen LogP contribution in [0.5, 0.6) is 0 Å². The molecule has 0 bridgehead atoms. The summed E-state index contributed by atoms with van der Waals surface area (Å²) in [4.78, 5) is 25.1. The van der Waals surface area contributed by atoms with Crippen molar-refractivity contribution in [3.05, 3.63) is 0 Å². The average Bonchev–Trinajstić information content (AvgIpc) is 2.38. The zero-order chi connectivity index (χ0) is 12.7. The molecule has 1 atom stereocenters. The Bertz CT molecular complexity index is 271. The molecule has 2 amide bonds. The summed E-state index contributed by atoms with van der Waals surface area (Å²) in [5, 5.41) is 2.59. The maximum absolute atomic E-state index is 11.9. The van der Waals surface area contributed by atoms with E-state index in [-0.39, 0.29) is 24.5 Å². The van der Waals surface area contributed by atoms with Gasteiger partial charge in [0.1, 0.15) is 12.6 Å². The number of rotatable bonds is 5. The highest BCUT2D eigenvalue weighted by molar-refractivity contribution is 5.88. The Balaban J connectivity index is 2.52. The van der Waals surface area contributed by atoms with Gasteiger partial charge in [-0.25, -0.2) is 0 Å². The molecule has 0 radical (unpaired) electrons. The fraction of sp³-hybridized carbons (Fsp3) is 0.818. The van der Waals surface area contributed by atoms with Crippen LogP contribution in [0.3, 0.4) is 0 Å². The van der Waals surface area contributed by atoms with Crippen LogP contribution in [0.25, 0.3) is 0 Å². The molecule has 0 saturated carbocycles. The van der Waals surface area contributed by atoms with Crippen LogP contribution in [0.1, 0.15) is 19.3 Å². The molecule has 6 heteroatoms. The predicted octanol–water partition coefficient (Wildman–Crippen LogP) is -0.911. The van der Waals surface area contributed by atoms with Gasteiger partial charge in [0, 0.05) is 20.1 Å². The van der Waals surface area contributed by atoms with Gasteiger partial charge in [-0.2, -0.15) is 0 Å². The summed E-state index contributed by atoms with van der Waals surface area (Å²) < 4.78 is 5.11. The zero-order valence-electron chi connectivity index (χ0n) is 10.3. The summed E-state index contributed by atoms with van der Waals surface area (Å²) in [5.41, 5.74) is 5.28. The van der Waals surface area contributed by atoms with Gasteiger partial charge in [-0.05, 0) is 19.3 Å². The van der Waals surface area contributed by atoms with Crippen molar-refractivity contribution in [1.82, 2.24) is 10.2 Å². The van der Waals surface area contributed by atoms with Crippen LogP contribution < -0.4 is 11.1 Å². The Labute approximate surface area is 101 Å². The second-order valence-corrected chi connectivity index (χ2v) is 4.05. The van der Waals surface area contributed by atoms with Gasteiger partial charge in [0.25, 0.3) is 0 Å². The highest BCUT2D eigenvalue weighted by Gasteiger charge is 2.31. The molecule has 0 aliphatic carbocycles. The first-order valence-corrected chi connectivity index (χ1v) is 5.99. The topological polar surface area (TPSA) is 84.7 Å². The summed E-state index contributed by atoms with van der Waals surface area (Å²) >= 11 is 0. The molecule has 1 saturated heterocycles. The van der Waals surface area contributed by atoms with Crippen LogP contribution in [0, 0.1) is 0 Å². The molecule has 98 valence electrons. The minimum absolute atomic E-state index is 0.00466. The van der Waals surface area contributed by atoms with E-state index in [1.165, 1.54) is 0 Å². The lowest BCUT2D eigenvalue weighted by Gasteiger charge is -2.34. The Morgan fingerprint density at radius 1 is 1.47 bits per heavy atom. The van der Waals surface area contributed by atoms with Gasteiger partial charge < -0.3 is 20.7 Å². The van der Waals surface area contributed by atoms with E-state index in [1.807, 2.05) is 0 Å². The first kappa shape index (κ1) is 13.9. The minimum Gasteiger partial charge on any atom is -0.370 e. The average molecular weight is 243 g/mol. The Hall–Kier alpha value is -1.14. The van der Waals surface area contributed by atoms with Crippen LogP contribution in [0.2, 0.25) is 0 Å². The maximum Gasteiger partial charge on any atom is 0.249 e. The van der Waals surface area contributed by atoms with Gasteiger partial charge >= 0.3 is 0 Å². The van der Waals surface area contributed by atoms with Gasteiger partial charge in [0.2, 0.25) is 11.8 Å². The fourth-order valence-electron chi connectivity index (χ4n) is 1.99. The predicted molar refractivity (Wildman–Crippen MR) is 63.3 cm³/mol. The Morgan fingerprint density at radius 3 is 2.88 bits per heavy atom. The highest BCUT2D eigenvalue weighted by Crippen LogP contribution is 2.17. The molecule has 17 heavy (non-hydrogen) atoms. The van der Waals surface area contributed by atoms with Crippen LogP contribution in [-0.2, 0) is 14.3 Å². The van der Waals surface area contributed by atoms with Gasteiger partial charge in [-0.3, -0.25) is 9.59 Å². The van der Waals surface area contributed by atoms with Gasteiger partial charge in [-0.15, -0.1) is 0 Å². The first-order chi connectivity index (χ1) is 8.20. The quantitative estimate of drug-likeness (QED) is 0.612. The van der Waals surface area contributed by atoms with Crippen molar-refractivity contribution in [2.45, 2.75) is 25.3 Å². The number of nitrogens with one attached hydrogen (secondary N) is 1. The van der Waals surface area contributed by atoms with Crippen LogP contribution in [0.15, 0.2) is 0 Å². The molecule has 1 fully saturated rings. The second kappa shape index (κ2) is 7.24. The minimum atomic E-state index is -0.345. The standard InChI is InChI=1S/C11H21N3O3/c1-13-11(16)9-4-2-3-6-14(9)10(15)8-17-7-5-12/h9H,2-8,12H2,1H3,(H,13,16).